The molecule has 0 fully saturated rings. The standard InChI is InChI=1S/C23H16ClN3O/c24-20-9-5-4-8-19(20)23(28)27-18-12-10-17(11-13-18)22-14-21(25-15-26-22)16-6-2-1-3-7-16/h1-15H,(H,27,28). The summed E-state index contributed by atoms with van der Waals surface area (Å²) in [6.45, 7) is 0. The Labute approximate surface area is 167 Å². The third-order valence-electron chi connectivity index (χ3n) is 4.29. The summed E-state index contributed by atoms with van der Waals surface area (Å²) < 4.78 is 0. The monoisotopic (exact) mass is 385 g/mol. The predicted octanol–water partition coefficient (Wildman–Crippen LogP) is 5.72. The van der Waals surface area contributed by atoms with E-state index in [1.807, 2.05) is 60.7 Å². The van der Waals surface area contributed by atoms with Crippen LogP contribution in [0.3, 0.4) is 0 Å². The Morgan fingerprint density at radius 2 is 1.36 bits per heavy atom. The van der Waals surface area contributed by atoms with Crippen LogP contribution in [0.25, 0.3) is 22.5 Å². The topological polar surface area (TPSA) is 54.9 Å². The van der Waals surface area contributed by atoms with Gasteiger partial charge >= 0.3 is 0 Å². The fraction of sp³-hybridized carbons (Fsp3) is 0. The second-order valence-electron chi connectivity index (χ2n) is 6.17. The van der Waals surface area contributed by atoms with Crippen LogP contribution in [0, 0.1) is 0 Å². The van der Waals surface area contributed by atoms with Crippen molar-refractivity contribution in [2.24, 2.45) is 0 Å². The Morgan fingerprint density at radius 3 is 2.04 bits per heavy atom. The molecule has 0 spiro atoms. The number of aromatic nitrogens is 2. The second-order valence-corrected chi connectivity index (χ2v) is 6.57. The van der Waals surface area contributed by atoms with Crippen molar-refractivity contribution < 1.29 is 4.79 Å². The van der Waals surface area contributed by atoms with E-state index in [1.165, 1.54) is 0 Å². The van der Waals surface area contributed by atoms with Gasteiger partial charge in [0.2, 0.25) is 0 Å². The molecular formula is C23H16ClN3O. The third-order valence-corrected chi connectivity index (χ3v) is 4.62. The Kier molecular flexibility index (Phi) is 5.13. The molecule has 0 bridgehead atoms. The van der Waals surface area contributed by atoms with Gasteiger partial charge in [-0.05, 0) is 30.3 Å². The molecule has 0 aliphatic carbocycles. The van der Waals surface area contributed by atoms with Crippen LogP contribution >= 0.6 is 11.6 Å². The van der Waals surface area contributed by atoms with Crippen molar-refractivity contribution in [2.75, 3.05) is 5.32 Å². The van der Waals surface area contributed by atoms with Crippen LogP contribution in [-0.2, 0) is 0 Å². The molecule has 1 heterocycles. The van der Waals surface area contributed by atoms with Gasteiger partial charge in [0.25, 0.3) is 5.91 Å². The van der Waals surface area contributed by atoms with Crippen molar-refractivity contribution in [1.82, 2.24) is 9.97 Å². The number of halogens is 1. The van der Waals surface area contributed by atoms with Crippen molar-refractivity contribution >= 4 is 23.2 Å². The van der Waals surface area contributed by atoms with Crippen molar-refractivity contribution in [3.63, 3.8) is 0 Å². The van der Waals surface area contributed by atoms with Gasteiger partial charge in [-0.2, -0.15) is 0 Å². The van der Waals surface area contributed by atoms with Crippen LogP contribution < -0.4 is 5.32 Å². The molecule has 4 aromatic rings. The van der Waals surface area contributed by atoms with Crippen molar-refractivity contribution in [3.8, 4) is 22.5 Å². The fourth-order valence-corrected chi connectivity index (χ4v) is 3.07. The number of hydrogen-bond donors (Lipinski definition) is 1. The highest BCUT2D eigenvalue weighted by Crippen LogP contribution is 2.24. The normalized spacial score (nSPS) is 10.5. The van der Waals surface area contributed by atoms with Crippen LogP contribution in [0.2, 0.25) is 5.02 Å². The summed E-state index contributed by atoms with van der Waals surface area (Å²) in [5.41, 5.74) is 4.78. The zero-order valence-corrected chi connectivity index (χ0v) is 15.6. The molecule has 5 heteroatoms. The summed E-state index contributed by atoms with van der Waals surface area (Å²) >= 11 is 6.08. The number of anilines is 1. The molecule has 28 heavy (non-hydrogen) atoms. The molecular weight excluding hydrogens is 370 g/mol. The molecule has 0 unspecified atom stereocenters. The number of carbonyl (C=O) groups excluding carboxylic acids is 1. The van der Waals surface area contributed by atoms with Crippen LogP contribution in [-0.4, -0.2) is 15.9 Å². The summed E-state index contributed by atoms with van der Waals surface area (Å²) in [7, 11) is 0. The first kappa shape index (κ1) is 17.9. The van der Waals surface area contributed by atoms with Crippen LogP contribution in [0.5, 0.6) is 0 Å². The van der Waals surface area contributed by atoms with Crippen molar-refractivity contribution in [1.29, 1.82) is 0 Å². The Balaban J connectivity index is 1.54. The number of nitrogens with one attached hydrogen (secondary N) is 1. The minimum absolute atomic E-state index is 0.244. The number of rotatable bonds is 4. The van der Waals surface area contributed by atoms with Crippen molar-refractivity contribution in [2.45, 2.75) is 0 Å². The maximum Gasteiger partial charge on any atom is 0.257 e. The number of hydrogen-bond acceptors (Lipinski definition) is 3. The lowest BCUT2D eigenvalue weighted by molar-refractivity contribution is 0.102. The predicted molar refractivity (Wildman–Crippen MR) is 112 cm³/mol. The highest BCUT2D eigenvalue weighted by atomic mass is 35.5. The van der Waals surface area contributed by atoms with E-state index in [4.69, 9.17) is 11.6 Å². The summed E-state index contributed by atoms with van der Waals surface area (Å²) in [4.78, 5) is 21.1. The first-order valence-electron chi connectivity index (χ1n) is 8.74. The van der Waals surface area contributed by atoms with Gasteiger partial charge in [0, 0.05) is 16.8 Å². The minimum Gasteiger partial charge on any atom is -0.322 e. The summed E-state index contributed by atoms with van der Waals surface area (Å²) in [5.74, 6) is -0.244. The average Bonchev–Trinajstić information content (AvgIpc) is 2.75. The summed E-state index contributed by atoms with van der Waals surface area (Å²) in [5, 5.41) is 3.28. The molecule has 0 aliphatic rings. The largest absolute Gasteiger partial charge is 0.322 e. The maximum atomic E-state index is 12.4. The third kappa shape index (κ3) is 3.92. The Morgan fingerprint density at radius 1 is 0.750 bits per heavy atom. The lowest BCUT2D eigenvalue weighted by Crippen LogP contribution is -2.12. The van der Waals surface area contributed by atoms with E-state index >= 15 is 0 Å². The molecule has 0 radical (unpaired) electrons. The van der Waals surface area contributed by atoms with Gasteiger partial charge in [0.15, 0.2) is 0 Å². The van der Waals surface area contributed by atoms with E-state index in [-0.39, 0.29) is 5.91 Å². The first-order chi connectivity index (χ1) is 13.7. The molecule has 0 saturated heterocycles. The van der Waals surface area contributed by atoms with Gasteiger partial charge < -0.3 is 5.32 Å². The van der Waals surface area contributed by atoms with Gasteiger partial charge in [-0.15, -0.1) is 0 Å². The molecule has 0 saturated carbocycles. The molecule has 0 aliphatic heterocycles. The Hall–Kier alpha value is -3.50. The Bertz CT molecular complexity index is 1110. The van der Waals surface area contributed by atoms with Gasteiger partial charge in [-0.1, -0.05) is 66.2 Å². The molecule has 0 atom stereocenters. The second kappa shape index (κ2) is 8.03. The molecule has 3 aromatic carbocycles. The van der Waals surface area contributed by atoms with Crippen molar-refractivity contribution in [3.05, 3.63) is 102 Å². The SMILES string of the molecule is O=C(Nc1ccc(-c2cc(-c3ccccc3)ncn2)cc1)c1ccccc1Cl. The molecule has 1 aromatic heterocycles. The summed E-state index contributed by atoms with van der Waals surface area (Å²) in [6.07, 6.45) is 1.56. The first-order valence-corrected chi connectivity index (χ1v) is 9.12. The lowest BCUT2D eigenvalue weighted by atomic mass is 10.1. The van der Waals surface area contributed by atoms with Crippen LogP contribution in [0.1, 0.15) is 10.4 Å². The molecule has 4 rings (SSSR count). The van der Waals surface area contributed by atoms with E-state index in [2.05, 4.69) is 15.3 Å². The fourth-order valence-electron chi connectivity index (χ4n) is 2.85. The molecule has 1 amide bonds. The smallest absolute Gasteiger partial charge is 0.257 e. The highest BCUT2D eigenvalue weighted by molar-refractivity contribution is 6.34. The maximum absolute atomic E-state index is 12.4. The highest BCUT2D eigenvalue weighted by Gasteiger charge is 2.10. The van der Waals surface area contributed by atoms with Gasteiger partial charge in [-0.3, -0.25) is 4.79 Å². The van der Waals surface area contributed by atoms with Gasteiger partial charge in [0.05, 0.1) is 22.0 Å². The molecule has 1 N–H and O–H groups in total. The number of amides is 1. The van der Waals surface area contributed by atoms with E-state index in [1.54, 1.807) is 30.6 Å². The van der Waals surface area contributed by atoms with Crippen LogP contribution in [0.4, 0.5) is 5.69 Å². The van der Waals surface area contributed by atoms with E-state index in [0.717, 1.165) is 22.5 Å². The number of carbonyl (C=O) groups is 1. The van der Waals surface area contributed by atoms with Gasteiger partial charge in [0.1, 0.15) is 6.33 Å². The molecule has 4 nitrogen and oxygen atoms in total. The van der Waals surface area contributed by atoms with Gasteiger partial charge in [-0.25, -0.2) is 9.97 Å². The van der Waals surface area contributed by atoms with E-state index in [9.17, 15) is 4.79 Å². The van der Waals surface area contributed by atoms with E-state index in [0.29, 0.717) is 16.3 Å². The quantitative estimate of drug-likeness (QED) is 0.489. The lowest BCUT2D eigenvalue weighted by Gasteiger charge is -2.08. The van der Waals surface area contributed by atoms with E-state index < -0.39 is 0 Å². The summed E-state index contributed by atoms with van der Waals surface area (Å²) in [6, 6.07) is 26.4. The average molecular weight is 386 g/mol. The number of nitrogens with zero attached hydrogens (tertiary/aromatic N) is 2. The zero-order chi connectivity index (χ0) is 19.3. The number of benzene rings is 3. The van der Waals surface area contributed by atoms with Crippen LogP contribution in [0.15, 0.2) is 91.3 Å². The molecule has 136 valence electrons. The minimum atomic E-state index is -0.244. The zero-order valence-electron chi connectivity index (χ0n) is 14.8.